The fourth-order valence-corrected chi connectivity index (χ4v) is 2.59. The lowest BCUT2D eigenvalue weighted by Gasteiger charge is -2.40. The van der Waals surface area contributed by atoms with E-state index in [0.29, 0.717) is 13.1 Å². The topological polar surface area (TPSA) is 35.5 Å². The predicted molar refractivity (Wildman–Crippen MR) is 91.0 cm³/mol. The molecule has 0 aliphatic rings. The summed E-state index contributed by atoms with van der Waals surface area (Å²) in [6.45, 7) is 7.35. The van der Waals surface area contributed by atoms with E-state index < -0.39 is 5.85 Å². The van der Waals surface area contributed by atoms with Crippen molar-refractivity contribution in [3.63, 3.8) is 0 Å². The van der Waals surface area contributed by atoms with Gasteiger partial charge < -0.3 is 5.11 Å². The highest BCUT2D eigenvalue weighted by Gasteiger charge is 2.30. The van der Waals surface area contributed by atoms with Crippen LogP contribution in [0.3, 0.4) is 0 Å². The van der Waals surface area contributed by atoms with Crippen LogP contribution in [-0.4, -0.2) is 21.9 Å². The summed E-state index contributed by atoms with van der Waals surface area (Å²) in [6, 6.07) is 20.6. The van der Waals surface area contributed by atoms with Gasteiger partial charge in [0.15, 0.2) is 5.85 Å². The van der Waals surface area contributed by atoms with Crippen LogP contribution in [-0.2, 0) is 13.1 Å². The molecule has 2 aromatic carbocycles. The molecule has 0 heterocycles. The molecule has 3 nitrogen and oxygen atoms in total. The number of nitrogens with zero attached hydrogens (tertiary/aromatic N) is 1. The van der Waals surface area contributed by atoms with Gasteiger partial charge in [-0.25, -0.2) is 0 Å². The Hall–Kier alpha value is -1.68. The lowest BCUT2D eigenvalue weighted by molar-refractivity contribution is -0.140. The van der Waals surface area contributed by atoms with Crippen LogP contribution >= 0.6 is 0 Å². The third kappa shape index (κ3) is 4.67. The van der Waals surface area contributed by atoms with E-state index in [-0.39, 0.29) is 6.04 Å². The van der Waals surface area contributed by atoms with Gasteiger partial charge in [-0.1, -0.05) is 60.7 Å². The van der Waals surface area contributed by atoms with E-state index in [1.165, 1.54) is 5.56 Å². The van der Waals surface area contributed by atoms with E-state index >= 15 is 0 Å². The molecule has 0 saturated heterocycles. The van der Waals surface area contributed by atoms with Gasteiger partial charge in [0.25, 0.3) is 0 Å². The van der Waals surface area contributed by atoms with Crippen molar-refractivity contribution in [2.75, 3.05) is 0 Å². The molecule has 0 aromatic heterocycles. The van der Waals surface area contributed by atoms with Crippen LogP contribution in [0, 0.1) is 0 Å². The van der Waals surface area contributed by atoms with Crippen LogP contribution in [0.2, 0.25) is 0 Å². The number of hydrogen-bond acceptors (Lipinski definition) is 3. The van der Waals surface area contributed by atoms with Gasteiger partial charge in [-0.05, 0) is 31.9 Å². The molecular weight excluding hydrogens is 272 g/mol. The predicted octanol–water partition coefficient (Wildman–Crippen LogP) is 3.35. The van der Waals surface area contributed by atoms with Crippen LogP contribution in [0.15, 0.2) is 60.7 Å². The quantitative estimate of drug-likeness (QED) is 0.770. The lowest BCUT2D eigenvalue weighted by atomic mass is 10.1. The van der Waals surface area contributed by atoms with E-state index in [4.69, 9.17) is 0 Å². The largest absolute Gasteiger partial charge is 0.363 e. The Balaban J connectivity index is 2.05. The highest BCUT2D eigenvalue weighted by molar-refractivity contribution is 5.16. The van der Waals surface area contributed by atoms with Gasteiger partial charge in [0.2, 0.25) is 0 Å². The maximum Gasteiger partial charge on any atom is 0.172 e. The third-order valence-corrected chi connectivity index (χ3v) is 3.85. The summed E-state index contributed by atoms with van der Waals surface area (Å²) in [5.41, 5.74) is 2.35. The number of hydrogen-bond donors (Lipinski definition) is 2. The molecule has 0 bridgehead atoms. The second kappa shape index (κ2) is 7.54. The number of rotatable bonds is 7. The summed E-state index contributed by atoms with van der Waals surface area (Å²) in [5, 5.41) is 14.1. The van der Waals surface area contributed by atoms with E-state index in [1.807, 2.05) is 43.3 Å². The molecule has 3 heteroatoms. The minimum Gasteiger partial charge on any atom is -0.363 e. The zero-order valence-electron chi connectivity index (χ0n) is 13.7. The fourth-order valence-electron chi connectivity index (χ4n) is 2.59. The van der Waals surface area contributed by atoms with E-state index in [1.54, 1.807) is 0 Å². The van der Waals surface area contributed by atoms with Crippen LogP contribution < -0.4 is 5.32 Å². The second-order valence-electron chi connectivity index (χ2n) is 6.07. The number of benzene rings is 2. The Morgan fingerprint density at radius 1 is 0.955 bits per heavy atom. The molecule has 1 atom stereocenters. The molecule has 0 spiro atoms. The maximum absolute atomic E-state index is 10.9. The van der Waals surface area contributed by atoms with Gasteiger partial charge in [-0.3, -0.25) is 10.2 Å². The molecule has 0 fully saturated rings. The van der Waals surface area contributed by atoms with Gasteiger partial charge >= 0.3 is 0 Å². The van der Waals surface area contributed by atoms with Crippen LogP contribution in [0.4, 0.5) is 0 Å². The van der Waals surface area contributed by atoms with Crippen molar-refractivity contribution in [3.8, 4) is 0 Å². The Morgan fingerprint density at radius 2 is 1.45 bits per heavy atom. The smallest absolute Gasteiger partial charge is 0.172 e. The standard InChI is InChI=1S/C19H26N2O/c1-16(2)21(15-18-12-8-5-9-13-18)19(3,22)20-14-17-10-6-4-7-11-17/h4-13,16,20,22H,14-15H2,1-3H3. The normalized spacial score (nSPS) is 14.3. The Labute approximate surface area is 133 Å². The van der Waals surface area contributed by atoms with Crippen molar-refractivity contribution in [3.05, 3.63) is 71.8 Å². The Morgan fingerprint density at radius 3 is 1.95 bits per heavy atom. The highest BCUT2D eigenvalue weighted by Crippen LogP contribution is 2.17. The van der Waals surface area contributed by atoms with Crippen LogP contribution in [0.1, 0.15) is 31.9 Å². The molecule has 0 aliphatic heterocycles. The molecule has 0 radical (unpaired) electrons. The fraction of sp³-hybridized carbons (Fsp3) is 0.368. The van der Waals surface area contributed by atoms with Crippen molar-refractivity contribution in [2.24, 2.45) is 0 Å². The molecule has 0 amide bonds. The van der Waals surface area contributed by atoms with E-state index in [0.717, 1.165) is 5.56 Å². The van der Waals surface area contributed by atoms with Gasteiger partial charge in [-0.2, -0.15) is 0 Å². The van der Waals surface area contributed by atoms with Crippen molar-refractivity contribution >= 4 is 0 Å². The average Bonchev–Trinajstić information content (AvgIpc) is 2.52. The van der Waals surface area contributed by atoms with Gasteiger partial charge in [0, 0.05) is 19.1 Å². The third-order valence-electron chi connectivity index (χ3n) is 3.85. The maximum atomic E-state index is 10.9. The molecule has 118 valence electrons. The highest BCUT2D eigenvalue weighted by atomic mass is 16.3. The van der Waals surface area contributed by atoms with Crippen molar-refractivity contribution in [1.82, 2.24) is 10.2 Å². The van der Waals surface area contributed by atoms with Crippen molar-refractivity contribution in [1.29, 1.82) is 0 Å². The molecule has 0 saturated carbocycles. The SMILES string of the molecule is CC(C)N(Cc1ccccc1)C(C)(O)NCc1ccccc1. The Bertz CT molecular complexity index is 552. The zero-order valence-corrected chi connectivity index (χ0v) is 13.7. The summed E-state index contributed by atoms with van der Waals surface area (Å²) in [5.74, 6) is -1.07. The van der Waals surface area contributed by atoms with Gasteiger partial charge in [0.1, 0.15) is 0 Å². The number of aliphatic hydroxyl groups is 1. The molecule has 2 N–H and O–H groups in total. The molecular formula is C19H26N2O. The molecule has 0 aliphatic carbocycles. The lowest BCUT2D eigenvalue weighted by Crippen LogP contribution is -2.58. The number of nitrogens with one attached hydrogen (secondary N) is 1. The monoisotopic (exact) mass is 298 g/mol. The van der Waals surface area contributed by atoms with Gasteiger partial charge in [0.05, 0.1) is 0 Å². The average molecular weight is 298 g/mol. The van der Waals surface area contributed by atoms with Gasteiger partial charge in [-0.15, -0.1) is 0 Å². The molecule has 22 heavy (non-hydrogen) atoms. The second-order valence-corrected chi connectivity index (χ2v) is 6.07. The first kappa shape index (κ1) is 16.7. The van der Waals surface area contributed by atoms with Crippen molar-refractivity contribution in [2.45, 2.75) is 45.8 Å². The summed E-state index contributed by atoms with van der Waals surface area (Å²) in [6.07, 6.45) is 0. The minimum absolute atomic E-state index is 0.221. The summed E-state index contributed by atoms with van der Waals surface area (Å²) in [7, 11) is 0. The Kier molecular flexibility index (Phi) is 5.72. The van der Waals surface area contributed by atoms with E-state index in [2.05, 4.69) is 48.3 Å². The summed E-state index contributed by atoms with van der Waals surface area (Å²) in [4.78, 5) is 2.06. The minimum atomic E-state index is -1.07. The molecule has 2 rings (SSSR count). The van der Waals surface area contributed by atoms with Crippen molar-refractivity contribution < 1.29 is 5.11 Å². The molecule has 1 unspecified atom stereocenters. The van der Waals surface area contributed by atoms with Crippen LogP contribution in [0.5, 0.6) is 0 Å². The van der Waals surface area contributed by atoms with Crippen LogP contribution in [0.25, 0.3) is 0 Å². The first-order valence-electron chi connectivity index (χ1n) is 7.81. The molecule has 2 aromatic rings. The first-order chi connectivity index (χ1) is 10.5. The summed E-state index contributed by atoms with van der Waals surface area (Å²) < 4.78 is 0. The zero-order chi connectivity index (χ0) is 16.0. The van der Waals surface area contributed by atoms with E-state index in [9.17, 15) is 5.11 Å². The summed E-state index contributed by atoms with van der Waals surface area (Å²) >= 11 is 0. The first-order valence-corrected chi connectivity index (χ1v) is 7.81.